The molecule has 0 radical (unpaired) electrons. The molecule has 1 rings (SSSR count). The number of hydrogen-bond donors (Lipinski definition) is 3. The molecule has 0 fully saturated rings. The lowest BCUT2D eigenvalue weighted by atomic mass is 9.98. The maximum atomic E-state index is 12.0. The van der Waals surface area contributed by atoms with Crippen LogP contribution in [0.4, 0.5) is 0 Å². The van der Waals surface area contributed by atoms with Gasteiger partial charge in [0.05, 0.1) is 5.60 Å². The standard InChI is InChI=1S/C10H18N2O4S2/c1-4-10(14,5-2)6-11-18(15,16)8-7(3)12-9(13)17-8/h11,14H,4-6H2,1-3H3,(H,12,13). The van der Waals surface area contributed by atoms with Crippen molar-refractivity contribution in [1.82, 2.24) is 9.71 Å². The minimum atomic E-state index is -3.75. The summed E-state index contributed by atoms with van der Waals surface area (Å²) in [5.41, 5.74) is -0.739. The highest BCUT2D eigenvalue weighted by molar-refractivity contribution is 7.91. The molecule has 0 aliphatic carbocycles. The number of aromatic nitrogens is 1. The minimum Gasteiger partial charge on any atom is -0.389 e. The summed E-state index contributed by atoms with van der Waals surface area (Å²) in [4.78, 5) is 13.1. The molecule has 1 aromatic rings. The number of hydrogen-bond acceptors (Lipinski definition) is 5. The van der Waals surface area contributed by atoms with Gasteiger partial charge in [-0.2, -0.15) is 0 Å². The van der Waals surface area contributed by atoms with Crippen molar-refractivity contribution in [1.29, 1.82) is 0 Å². The summed E-state index contributed by atoms with van der Waals surface area (Å²) in [6.07, 6.45) is 0.906. The second-order valence-corrected chi connectivity index (χ2v) is 7.13. The summed E-state index contributed by atoms with van der Waals surface area (Å²) in [5.74, 6) is 0. The van der Waals surface area contributed by atoms with E-state index in [9.17, 15) is 18.3 Å². The number of aromatic amines is 1. The fourth-order valence-electron chi connectivity index (χ4n) is 1.44. The van der Waals surface area contributed by atoms with Gasteiger partial charge in [0, 0.05) is 12.2 Å². The zero-order valence-corrected chi connectivity index (χ0v) is 12.2. The molecule has 3 N–H and O–H groups in total. The summed E-state index contributed by atoms with van der Waals surface area (Å²) >= 11 is 0.644. The fraction of sp³-hybridized carbons (Fsp3) is 0.700. The lowest BCUT2D eigenvalue weighted by Crippen LogP contribution is -2.41. The molecule has 0 spiro atoms. The molecule has 18 heavy (non-hydrogen) atoms. The number of sulfonamides is 1. The van der Waals surface area contributed by atoms with E-state index in [1.807, 2.05) is 0 Å². The Morgan fingerprint density at radius 3 is 2.33 bits per heavy atom. The van der Waals surface area contributed by atoms with Crippen molar-refractivity contribution in [2.75, 3.05) is 6.54 Å². The molecule has 0 saturated carbocycles. The Hall–Kier alpha value is -0.700. The number of rotatable bonds is 6. The highest BCUT2D eigenvalue weighted by Gasteiger charge is 2.27. The van der Waals surface area contributed by atoms with E-state index >= 15 is 0 Å². The van der Waals surface area contributed by atoms with Crippen LogP contribution in [0.1, 0.15) is 32.4 Å². The molecule has 0 aliphatic rings. The monoisotopic (exact) mass is 294 g/mol. The van der Waals surface area contributed by atoms with Crippen LogP contribution in [-0.2, 0) is 10.0 Å². The summed E-state index contributed by atoms with van der Waals surface area (Å²) in [6.45, 7) is 5.04. The molecule has 104 valence electrons. The van der Waals surface area contributed by atoms with Gasteiger partial charge in [-0.1, -0.05) is 25.2 Å². The van der Waals surface area contributed by atoms with Gasteiger partial charge in [0.2, 0.25) is 0 Å². The van der Waals surface area contributed by atoms with E-state index in [1.165, 1.54) is 6.92 Å². The SMILES string of the molecule is CCC(O)(CC)CNS(=O)(=O)c1sc(=O)[nH]c1C. The van der Waals surface area contributed by atoms with Gasteiger partial charge in [0.15, 0.2) is 4.21 Å². The number of thiazole rings is 1. The maximum Gasteiger partial charge on any atom is 0.305 e. The third-order valence-electron chi connectivity index (χ3n) is 2.93. The predicted octanol–water partition coefficient (Wildman–Crippen LogP) is 0.574. The van der Waals surface area contributed by atoms with Crippen LogP contribution in [0.15, 0.2) is 9.00 Å². The van der Waals surface area contributed by atoms with Crippen molar-refractivity contribution < 1.29 is 13.5 Å². The van der Waals surface area contributed by atoms with Crippen molar-refractivity contribution in [2.24, 2.45) is 0 Å². The van der Waals surface area contributed by atoms with E-state index in [2.05, 4.69) is 9.71 Å². The van der Waals surface area contributed by atoms with Gasteiger partial charge < -0.3 is 10.1 Å². The van der Waals surface area contributed by atoms with Crippen molar-refractivity contribution in [3.63, 3.8) is 0 Å². The van der Waals surface area contributed by atoms with Gasteiger partial charge >= 0.3 is 4.87 Å². The molecular weight excluding hydrogens is 276 g/mol. The van der Waals surface area contributed by atoms with Crippen LogP contribution in [0.2, 0.25) is 0 Å². The van der Waals surface area contributed by atoms with Gasteiger partial charge in [0.25, 0.3) is 10.0 Å². The second kappa shape index (κ2) is 5.52. The summed E-state index contributed by atoms with van der Waals surface area (Å²) in [6, 6.07) is 0. The van der Waals surface area contributed by atoms with E-state index in [-0.39, 0.29) is 10.8 Å². The van der Waals surface area contributed by atoms with Gasteiger partial charge in [-0.3, -0.25) is 4.79 Å². The Labute approximate surface area is 110 Å². The van der Waals surface area contributed by atoms with Crippen LogP contribution in [0.25, 0.3) is 0 Å². The first-order chi connectivity index (χ1) is 8.24. The van der Waals surface area contributed by atoms with E-state index in [0.29, 0.717) is 29.9 Å². The highest BCUT2D eigenvalue weighted by atomic mass is 32.2. The Morgan fingerprint density at radius 2 is 1.94 bits per heavy atom. The molecule has 0 saturated heterocycles. The number of nitrogens with one attached hydrogen (secondary N) is 2. The molecule has 0 aromatic carbocycles. The van der Waals surface area contributed by atoms with Gasteiger partial charge in [-0.05, 0) is 19.8 Å². The van der Waals surface area contributed by atoms with Crippen LogP contribution < -0.4 is 9.60 Å². The van der Waals surface area contributed by atoms with Gasteiger partial charge in [-0.25, -0.2) is 13.1 Å². The summed E-state index contributed by atoms with van der Waals surface area (Å²) in [5, 5.41) is 10.0. The van der Waals surface area contributed by atoms with Crippen molar-refractivity contribution in [2.45, 2.75) is 43.4 Å². The van der Waals surface area contributed by atoms with Crippen LogP contribution >= 0.6 is 11.3 Å². The Kier molecular flexibility index (Phi) is 4.71. The van der Waals surface area contributed by atoms with E-state index < -0.39 is 20.5 Å². The number of aryl methyl sites for hydroxylation is 1. The average molecular weight is 294 g/mol. The Morgan fingerprint density at radius 1 is 1.39 bits per heavy atom. The zero-order chi connectivity index (χ0) is 14.0. The average Bonchev–Trinajstić information content (AvgIpc) is 2.66. The van der Waals surface area contributed by atoms with Crippen LogP contribution in [-0.4, -0.2) is 30.7 Å². The minimum absolute atomic E-state index is 0.0259. The fourth-order valence-corrected chi connectivity index (χ4v) is 3.90. The van der Waals surface area contributed by atoms with Crippen molar-refractivity contribution in [3.8, 4) is 0 Å². The largest absolute Gasteiger partial charge is 0.389 e. The van der Waals surface area contributed by atoms with E-state index in [4.69, 9.17) is 0 Å². The van der Waals surface area contributed by atoms with Gasteiger partial charge in [0.1, 0.15) is 0 Å². The smallest absolute Gasteiger partial charge is 0.305 e. The van der Waals surface area contributed by atoms with Crippen LogP contribution in [0.5, 0.6) is 0 Å². The zero-order valence-electron chi connectivity index (χ0n) is 10.6. The first kappa shape index (κ1) is 15.4. The lowest BCUT2D eigenvalue weighted by Gasteiger charge is -2.25. The summed E-state index contributed by atoms with van der Waals surface area (Å²) < 4.78 is 26.3. The van der Waals surface area contributed by atoms with Gasteiger partial charge in [-0.15, -0.1) is 0 Å². The molecule has 0 amide bonds. The molecule has 0 unspecified atom stereocenters. The highest BCUT2D eigenvalue weighted by Crippen LogP contribution is 2.18. The third kappa shape index (κ3) is 3.41. The molecule has 1 heterocycles. The number of H-pyrrole nitrogens is 1. The molecule has 0 bridgehead atoms. The topological polar surface area (TPSA) is 99.3 Å². The Bertz CT molecular complexity index is 555. The lowest BCUT2D eigenvalue weighted by molar-refractivity contribution is 0.0377. The summed E-state index contributed by atoms with van der Waals surface area (Å²) in [7, 11) is -3.75. The number of aliphatic hydroxyl groups is 1. The molecule has 0 atom stereocenters. The first-order valence-corrected chi connectivity index (χ1v) is 7.96. The molecule has 8 heteroatoms. The molecular formula is C10H18N2O4S2. The third-order valence-corrected chi connectivity index (χ3v) is 5.94. The predicted molar refractivity (Wildman–Crippen MR) is 70.4 cm³/mol. The van der Waals surface area contributed by atoms with Crippen LogP contribution in [0, 0.1) is 6.92 Å². The normalized spacial score (nSPS) is 12.9. The quantitative estimate of drug-likeness (QED) is 0.714. The first-order valence-electron chi connectivity index (χ1n) is 5.66. The molecule has 1 aromatic heterocycles. The maximum absolute atomic E-state index is 12.0. The molecule has 0 aliphatic heterocycles. The molecule has 6 nitrogen and oxygen atoms in total. The van der Waals surface area contributed by atoms with Crippen LogP contribution in [0.3, 0.4) is 0 Å². The van der Waals surface area contributed by atoms with Crippen molar-refractivity contribution in [3.05, 3.63) is 15.4 Å². The van der Waals surface area contributed by atoms with Crippen molar-refractivity contribution >= 4 is 21.4 Å². The Balaban J connectivity index is 2.90. The van der Waals surface area contributed by atoms with E-state index in [1.54, 1.807) is 13.8 Å². The van der Waals surface area contributed by atoms with E-state index in [0.717, 1.165) is 0 Å². The second-order valence-electron chi connectivity index (χ2n) is 4.18.